The first kappa shape index (κ1) is 14.9. The topological polar surface area (TPSA) is 47.9 Å². The van der Waals surface area contributed by atoms with Gasteiger partial charge >= 0.3 is 12.6 Å². The molecule has 0 unspecified atom stereocenters. The van der Waals surface area contributed by atoms with Crippen molar-refractivity contribution in [2.45, 2.75) is 6.61 Å². The predicted octanol–water partition coefficient (Wildman–Crippen LogP) is 3.63. The van der Waals surface area contributed by atoms with E-state index in [2.05, 4.69) is 9.73 Å². The fraction of sp³-hybridized carbons (Fsp3) is 0.0588. The van der Waals surface area contributed by atoms with Crippen LogP contribution < -0.4 is 4.74 Å². The highest BCUT2D eigenvalue weighted by Gasteiger charge is 2.24. The Morgan fingerprint density at radius 3 is 2.48 bits per heavy atom. The van der Waals surface area contributed by atoms with Crippen molar-refractivity contribution in [3.63, 3.8) is 0 Å². The van der Waals surface area contributed by atoms with Crippen molar-refractivity contribution < 1.29 is 23.0 Å². The molecule has 0 fully saturated rings. The van der Waals surface area contributed by atoms with Crippen LogP contribution in [0.5, 0.6) is 5.75 Å². The molecule has 0 bridgehead atoms. The zero-order valence-corrected chi connectivity index (χ0v) is 11.8. The highest BCUT2D eigenvalue weighted by molar-refractivity contribution is 6.12. The number of benzene rings is 2. The number of esters is 1. The number of carbonyl (C=O) groups excluding carboxylic acids is 1. The number of hydrogen-bond donors (Lipinski definition) is 0. The second kappa shape index (κ2) is 6.39. The molecule has 0 atom stereocenters. The lowest BCUT2D eigenvalue weighted by Crippen LogP contribution is -2.05. The highest BCUT2D eigenvalue weighted by atomic mass is 19.3. The number of aliphatic imine (C=N–C) groups is 1. The largest absolute Gasteiger partial charge is 0.434 e. The molecule has 0 aromatic heterocycles. The Labute approximate surface area is 130 Å². The quantitative estimate of drug-likeness (QED) is 0.639. The lowest BCUT2D eigenvalue weighted by Gasteiger charge is -2.07. The highest BCUT2D eigenvalue weighted by Crippen LogP contribution is 2.25. The zero-order valence-electron chi connectivity index (χ0n) is 11.8. The fourth-order valence-corrected chi connectivity index (χ4v) is 2.06. The monoisotopic (exact) mass is 315 g/mol. The molecule has 4 nitrogen and oxygen atoms in total. The second-order valence-electron chi connectivity index (χ2n) is 4.62. The van der Waals surface area contributed by atoms with E-state index in [0.717, 1.165) is 0 Å². The van der Waals surface area contributed by atoms with Crippen LogP contribution in [0.2, 0.25) is 0 Å². The summed E-state index contributed by atoms with van der Waals surface area (Å²) >= 11 is 0. The molecule has 0 aliphatic carbocycles. The smallest absolute Gasteiger partial charge is 0.387 e. The van der Waals surface area contributed by atoms with E-state index in [0.29, 0.717) is 11.1 Å². The van der Waals surface area contributed by atoms with Gasteiger partial charge in [-0.3, -0.25) is 0 Å². The van der Waals surface area contributed by atoms with Gasteiger partial charge in [-0.05, 0) is 24.3 Å². The number of rotatable bonds is 4. The minimum Gasteiger partial charge on any atom is -0.434 e. The number of ether oxygens (including phenoxy) is 2. The van der Waals surface area contributed by atoms with Gasteiger partial charge in [-0.25, -0.2) is 9.79 Å². The maximum Gasteiger partial charge on any atom is 0.387 e. The average Bonchev–Trinajstić information content (AvgIpc) is 2.91. The van der Waals surface area contributed by atoms with Gasteiger partial charge in [0.25, 0.3) is 0 Å². The Hall–Kier alpha value is -3.02. The summed E-state index contributed by atoms with van der Waals surface area (Å²) in [7, 11) is 0. The Kier molecular flexibility index (Phi) is 4.14. The SMILES string of the molecule is O=C1OC(c2ccccc2)=N/C1=C\c1ccccc1OC(F)F. The molecule has 3 rings (SSSR count). The Morgan fingerprint density at radius 2 is 1.74 bits per heavy atom. The lowest BCUT2D eigenvalue weighted by molar-refractivity contribution is -0.129. The summed E-state index contributed by atoms with van der Waals surface area (Å²) in [6.07, 6.45) is 1.36. The van der Waals surface area contributed by atoms with Gasteiger partial charge in [0.1, 0.15) is 5.75 Å². The Balaban J connectivity index is 1.94. The van der Waals surface area contributed by atoms with Gasteiger partial charge in [-0.2, -0.15) is 8.78 Å². The first-order chi connectivity index (χ1) is 11.1. The number of halogens is 2. The molecule has 2 aromatic carbocycles. The molecular formula is C17H11F2NO3. The summed E-state index contributed by atoms with van der Waals surface area (Å²) in [5, 5.41) is 0. The summed E-state index contributed by atoms with van der Waals surface area (Å²) in [5.74, 6) is -0.504. The van der Waals surface area contributed by atoms with Crippen LogP contribution in [0.15, 0.2) is 65.3 Å². The van der Waals surface area contributed by atoms with Crippen molar-refractivity contribution in [3.8, 4) is 5.75 Å². The average molecular weight is 315 g/mol. The molecule has 6 heteroatoms. The predicted molar refractivity (Wildman–Crippen MR) is 80.1 cm³/mol. The molecule has 0 radical (unpaired) electrons. The van der Waals surface area contributed by atoms with E-state index in [1.165, 1.54) is 12.1 Å². The summed E-state index contributed by atoms with van der Waals surface area (Å²) in [4.78, 5) is 16.0. The second-order valence-corrected chi connectivity index (χ2v) is 4.62. The van der Waals surface area contributed by atoms with Crippen LogP contribution in [0.1, 0.15) is 11.1 Å². The lowest BCUT2D eigenvalue weighted by atomic mass is 10.1. The van der Waals surface area contributed by atoms with Gasteiger partial charge in [0.2, 0.25) is 5.90 Å². The molecule has 116 valence electrons. The van der Waals surface area contributed by atoms with E-state index in [4.69, 9.17) is 4.74 Å². The van der Waals surface area contributed by atoms with Gasteiger partial charge in [-0.1, -0.05) is 36.4 Å². The van der Waals surface area contributed by atoms with Crippen molar-refractivity contribution in [1.82, 2.24) is 0 Å². The molecule has 1 aliphatic rings. The van der Waals surface area contributed by atoms with Crippen LogP contribution in [0.25, 0.3) is 6.08 Å². The normalized spacial score (nSPS) is 15.7. The maximum absolute atomic E-state index is 12.4. The van der Waals surface area contributed by atoms with Crippen molar-refractivity contribution in [3.05, 3.63) is 71.4 Å². The molecule has 23 heavy (non-hydrogen) atoms. The van der Waals surface area contributed by atoms with Crippen molar-refractivity contribution >= 4 is 17.9 Å². The molecule has 0 saturated heterocycles. The van der Waals surface area contributed by atoms with Crippen LogP contribution in [0.3, 0.4) is 0 Å². The van der Waals surface area contributed by atoms with E-state index in [1.807, 2.05) is 6.07 Å². The van der Waals surface area contributed by atoms with Crippen LogP contribution >= 0.6 is 0 Å². The molecule has 2 aromatic rings. The van der Waals surface area contributed by atoms with Crippen LogP contribution in [-0.4, -0.2) is 18.5 Å². The molecule has 1 heterocycles. The molecule has 0 saturated carbocycles. The van der Waals surface area contributed by atoms with Crippen LogP contribution in [0.4, 0.5) is 8.78 Å². The van der Waals surface area contributed by atoms with Gasteiger partial charge in [0.05, 0.1) is 0 Å². The maximum atomic E-state index is 12.4. The Bertz CT molecular complexity index is 785. The third-order valence-corrected chi connectivity index (χ3v) is 3.07. The van der Waals surface area contributed by atoms with E-state index in [9.17, 15) is 13.6 Å². The number of carbonyl (C=O) groups is 1. The molecule has 1 aliphatic heterocycles. The fourth-order valence-electron chi connectivity index (χ4n) is 2.06. The van der Waals surface area contributed by atoms with Gasteiger partial charge < -0.3 is 9.47 Å². The third kappa shape index (κ3) is 3.42. The number of para-hydroxylation sites is 1. The van der Waals surface area contributed by atoms with E-state index in [-0.39, 0.29) is 17.3 Å². The number of cyclic esters (lactones) is 1. The zero-order chi connectivity index (χ0) is 16.2. The van der Waals surface area contributed by atoms with Crippen molar-refractivity contribution in [1.29, 1.82) is 0 Å². The van der Waals surface area contributed by atoms with Crippen molar-refractivity contribution in [2.24, 2.45) is 4.99 Å². The number of alkyl halides is 2. The molecule has 0 amide bonds. The molecular weight excluding hydrogens is 304 g/mol. The van der Waals surface area contributed by atoms with Gasteiger partial charge in [0.15, 0.2) is 5.70 Å². The van der Waals surface area contributed by atoms with E-state index < -0.39 is 12.6 Å². The Morgan fingerprint density at radius 1 is 1.04 bits per heavy atom. The van der Waals surface area contributed by atoms with Gasteiger partial charge in [0, 0.05) is 11.1 Å². The van der Waals surface area contributed by atoms with E-state index >= 15 is 0 Å². The molecule has 0 N–H and O–H groups in total. The van der Waals surface area contributed by atoms with Crippen LogP contribution in [-0.2, 0) is 9.53 Å². The van der Waals surface area contributed by atoms with Crippen LogP contribution in [0, 0.1) is 0 Å². The van der Waals surface area contributed by atoms with Crippen molar-refractivity contribution in [2.75, 3.05) is 0 Å². The summed E-state index contributed by atoms with van der Waals surface area (Å²) in [6.45, 7) is -2.95. The van der Waals surface area contributed by atoms with E-state index in [1.54, 1.807) is 42.5 Å². The number of nitrogens with zero attached hydrogens (tertiary/aromatic N) is 1. The number of hydrogen-bond acceptors (Lipinski definition) is 4. The first-order valence-electron chi connectivity index (χ1n) is 6.75. The summed E-state index contributed by atoms with van der Waals surface area (Å²) in [6, 6.07) is 15.1. The summed E-state index contributed by atoms with van der Waals surface area (Å²) < 4.78 is 34.4. The standard InChI is InChI=1S/C17H11F2NO3/c18-17(19)22-14-9-5-4-8-12(14)10-13-16(21)23-15(20-13)11-6-2-1-3-7-11/h1-10,17H/b13-10-. The first-order valence-corrected chi connectivity index (χ1v) is 6.75. The van der Waals surface area contributed by atoms with Gasteiger partial charge in [-0.15, -0.1) is 0 Å². The molecule has 0 spiro atoms. The summed E-state index contributed by atoms with van der Waals surface area (Å²) in [5.41, 5.74) is 0.994. The minimum atomic E-state index is -2.95. The third-order valence-electron chi connectivity index (χ3n) is 3.07. The minimum absolute atomic E-state index is 0.0224.